The number of fused-ring (bicyclic) bond motifs is 2. The Bertz CT molecular complexity index is 1570. The smallest absolute Gasteiger partial charge is 0.283 e. The second-order valence-electron chi connectivity index (χ2n) is 10.4. The van der Waals surface area contributed by atoms with Crippen molar-refractivity contribution < 1.29 is 9.18 Å². The number of rotatable bonds is 6. The summed E-state index contributed by atoms with van der Waals surface area (Å²) < 4.78 is 12.8. The number of quaternary nitrogens is 1. The van der Waals surface area contributed by atoms with E-state index >= 15 is 0 Å². The molecule has 0 aromatic heterocycles. The van der Waals surface area contributed by atoms with E-state index in [0.29, 0.717) is 36.4 Å². The fraction of sp³-hybridized carbons (Fsp3) is 0.226. The van der Waals surface area contributed by atoms with Gasteiger partial charge in [0.05, 0.1) is 0 Å². The maximum absolute atomic E-state index is 14.9. The SMILES string of the molecule is N=C(N)c1ccc2c(c1)[N+]([O-])(Cc1cccc3ccccc13)C(C(=O)Nc1ccc(N3CC[C@@H](F)C3)cc1)C2. The highest BCUT2D eigenvalue weighted by Gasteiger charge is 2.45. The zero-order chi connectivity index (χ0) is 27.1. The predicted molar refractivity (Wildman–Crippen MR) is 155 cm³/mol. The highest BCUT2D eigenvalue weighted by atomic mass is 19.1. The first kappa shape index (κ1) is 25.0. The molecule has 3 atom stereocenters. The number of nitrogens with one attached hydrogen (secondary N) is 2. The zero-order valence-electron chi connectivity index (χ0n) is 21.4. The van der Waals surface area contributed by atoms with Crippen LogP contribution in [0.15, 0.2) is 84.9 Å². The number of hydrogen-bond acceptors (Lipinski definition) is 4. The van der Waals surface area contributed by atoms with Crippen molar-refractivity contribution in [2.75, 3.05) is 23.3 Å². The van der Waals surface area contributed by atoms with Crippen LogP contribution in [-0.2, 0) is 17.8 Å². The summed E-state index contributed by atoms with van der Waals surface area (Å²) in [6.07, 6.45) is -0.0227. The van der Waals surface area contributed by atoms with Gasteiger partial charge in [-0.05, 0) is 41.5 Å². The van der Waals surface area contributed by atoms with Gasteiger partial charge in [0.25, 0.3) is 5.91 Å². The number of amidine groups is 1. The summed E-state index contributed by atoms with van der Waals surface area (Å²) in [5, 5.41) is 27.7. The van der Waals surface area contributed by atoms with Crippen molar-refractivity contribution in [2.24, 2.45) is 5.73 Å². The maximum Gasteiger partial charge on any atom is 0.283 e. The van der Waals surface area contributed by atoms with E-state index in [0.717, 1.165) is 27.6 Å². The molecule has 4 aromatic carbocycles. The number of nitrogen functional groups attached to an aromatic ring is 1. The molecule has 1 fully saturated rings. The third kappa shape index (κ3) is 4.62. The van der Waals surface area contributed by atoms with Gasteiger partial charge in [-0.15, -0.1) is 0 Å². The highest BCUT2D eigenvalue weighted by molar-refractivity contribution is 6.00. The third-order valence-electron chi connectivity index (χ3n) is 7.94. The molecule has 0 saturated carbocycles. The Morgan fingerprint density at radius 3 is 2.59 bits per heavy atom. The number of anilines is 2. The molecule has 2 heterocycles. The van der Waals surface area contributed by atoms with Crippen molar-refractivity contribution >= 4 is 39.6 Å². The van der Waals surface area contributed by atoms with Gasteiger partial charge in [0.2, 0.25) is 0 Å². The Kier molecular flexibility index (Phi) is 6.29. The van der Waals surface area contributed by atoms with E-state index in [4.69, 9.17) is 11.1 Å². The Morgan fingerprint density at radius 2 is 1.85 bits per heavy atom. The van der Waals surface area contributed by atoms with E-state index in [2.05, 4.69) is 5.32 Å². The Labute approximate surface area is 226 Å². The number of hydrogen-bond donors (Lipinski definition) is 3. The summed E-state index contributed by atoms with van der Waals surface area (Å²) in [6.45, 7) is 1.10. The minimum atomic E-state index is -0.924. The molecule has 2 aliphatic heterocycles. The first-order valence-corrected chi connectivity index (χ1v) is 13.1. The first-order valence-electron chi connectivity index (χ1n) is 13.1. The van der Waals surface area contributed by atoms with Crippen LogP contribution in [0.3, 0.4) is 0 Å². The average molecular weight is 524 g/mol. The Morgan fingerprint density at radius 1 is 1.08 bits per heavy atom. The van der Waals surface area contributed by atoms with Crippen LogP contribution in [0.25, 0.3) is 10.8 Å². The normalized spacial score (nSPS) is 22.2. The van der Waals surface area contributed by atoms with Gasteiger partial charge in [-0.25, -0.2) is 4.39 Å². The summed E-state index contributed by atoms with van der Waals surface area (Å²) in [5.74, 6) is -0.497. The van der Waals surface area contributed by atoms with E-state index in [1.807, 2.05) is 59.5 Å². The lowest BCUT2D eigenvalue weighted by molar-refractivity contribution is -0.119. The van der Waals surface area contributed by atoms with Gasteiger partial charge in [-0.3, -0.25) is 10.2 Å². The summed E-state index contributed by atoms with van der Waals surface area (Å²) in [6, 6.07) is 25.3. The molecule has 4 aromatic rings. The lowest BCUT2D eigenvalue weighted by Crippen LogP contribution is -2.54. The molecule has 39 heavy (non-hydrogen) atoms. The quantitative estimate of drug-likeness (QED) is 0.139. The number of nitrogens with two attached hydrogens (primary N) is 1. The summed E-state index contributed by atoms with van der Waals surface area (Å²) in [7, 11) is 0. The molecule has 1 amide bonds. The summed E-state index contributed by atoms with van der Waals surface area (Å²) in [4.78, 5) is 15.7. The van der Waals surface area contributed by atoms with Crippen LogP contribution in [0.2, 0.25) is 0 Å². The Hall–Kier alpha value is -4.27. The minimum absolute atomic E-state index is 0.0616. The molecule has 0 radical (unpaired) electrons. The Balaban J connectivity index is 1.32. The fourth-order valence-corrected chi connectivity index (χ4v) is 5.87. The molecule has 4 N–H and O–H groups in total. The number of benzene rings is 4. The van der Waals surface area contributed by atoms with Crippen LogP contribution < -0.4 is 20.6 Å². The monoisotopic (exact) mass is 523 g/mol. The zero-order valence-corrected chi connectivity index (χ0v) is 21.4. The predicted octanol–water partition coefficient (Wildman–Crippen LogP) is 5.24. The molecule has 198 valence electrons. The van der Waals surface area contributed by atoms with Crippen LogP contribution in [0.5, 0.6) is 0 Å². The number of halogens is 1. The van der Waals surface area contributed by atoms with Gasteiger partial charge in [0.15, 0.2) is 6.04 Å². The molecular weight excluding hydrogens is 493 g/mol. The number of nitrogens with zero attached hydrogens (tertiary/aromatic N) is 2. The lowest BCUT2D eigenvalue weighted by atomic mass is 10.0. The number of carbonyl (C=O) groups excluding carboxylic acids is 1. The third-order valence-corrected chi connectivity index (χ3v) is 7.94. The topological polar surface area (TPSA) is 105 Å². The van der Waals surface area contributed by atoms with Crippen LogP contribution in [0.1, 0.15) is 23.1 Å². The number of alkyl halides is 1. The van der Waals surface area contributed by atoms with Gasteiger partial charge in [0, 0.05) is 53.6 Å². The second kappa shape index (κ2) is 9.80. The van der Waals surface area contributed by atoms with Gasteiger partial charge >= 0.3 is 0 Å². The lowest BCUT2D eigenvalue weighted by Gasteiger charge is -2.43. The van der Waals surface area contributed by atoms with Gasteiger partial charge in [0.1, 0.15) is 24.2 Å². The maximum atomic E-state index is 14.9. The first-order chi connectivity index (χ1) is 18.8. The average Bonchev–Trinajstić information content (AvgIpc) is 3.50. The van der Waals surface area contributed by atoms with Crippen LogP contribution >= 0.6 is 0 Å². The van der Waals surface area contributed by atoms with Crippen molar-refractivity contribution in [1.29, 1.82) is 5.41 Å². The van der Waals surface area contributed by atoms with Gasteiger partial charge in [-0.2, -0.15) is 0 Å². The summed E-state index contributed by atoms with van der Waals surface area (Å²) in [5.41, 5.74) is 9.79. The van der Waals surface area contributed by atoms with Crippen LogP contribution in [-0.4, -0.2) is 37.0 Å². The summed E-state index contributed by atoms with van der Waals surface area (Å²) >= 11 is 0. The van der Waals surface area contributed by atoms with Crippen LogP contribution in [0.4, 0.5) is 21.5 Å². The van der Waals surface area contributed by atoms with Crippen molar-refractivity contribution in [2.45, 2.75) is 31.6 Å². The van der Waals surface area contributed by atoms with Crippen molar-refractivity contribution in [3.05, 3.63) is 107 Å². The van der Waals surface area contributed by atoms with E-state index in [-0.39, 0.29) is 24.7 Å². The van der Waals surface area contributed by atoms with Gasteiger partial charge < -0.3 is 25.8 Å². The number of carbonyl (C=O) groups is 1. The molecule has 1 saturated heterocycles. The number of hydroxylamine groups is 2. The molecule has 7 nitrogen and oxygen atoms in total. The van der Waals surface area contributed by atoms with Crippen molar-refractivity contribution in [3.8, 4) is 0 Å². The van der Waals surface area contributed by atoms with E-state index in [9.17, 15) is 14.4 Å². The molecule has 0 spiro atoms. The van der Waals surface area contributed by atoms with E-state index < -0.39 is 16.9 Å². The number of amides is 1. The highest BCUT2D eigenvalue weighted by Crippen LogP contribution is 2.42. The van der Waals surface area contributed by atoms with Crippen molar-refractivity contribution in [3.63, 3.8) is 0 Å². The molecule has 0 aliphatic carbocycles. The molecular formula is C31H30FN5O2. The fourth-order valence-electron chi connectivity index (χ4n) is 5.87. The molecule has 6 rings (SSSR count). The minimum Gasteiger partial charge on any atom is -0.627 e. The molecule has 2 unspecified atom stereocenters. The van der Waals surface area contributed by atoms with E-state index in [1.54, 1.807) is 30.3 Å². The standard InChI is InChI=1S/C31H30FN5O2/c32-24-14-15-36(18-24)26-12-10-25(11-13-26)35-31(38)29-16-21-8-9-22(30(33)34)17-28(21)37(29,39)19-23-6-3-5-20-4-1-2-7-27(20)23/h1-13,17,24,29H,14-16,18-19H2,(H3,33,34)(H,35,38)/t24-,29?,37?/m1/s1. The molecule has 2 aliphatic rings. The molecule has 8 heteroatoms. The molecule has 0 bridgehead atoms. The van der Waals surface area contributed by atoms with Crippen LogP contribution in [0, 0.1) is 10.6 Å². The van der Waals surface area contributed by atoms with E-state index in [1.165, 1.54) is 0 Å². The second-order valence-corrected chi connectivity index (χ2v) is 10.4. The largest absolute Gasteiger partial charge is 0.627 e. The van der Waals surface area contributed by atoms with Gasteiger partial charge in [-0.1, -0.05) is 54.6 Å². The van der Waals surface area contributed by atoms with Crippen molar-refractivity contribution in [1.82, 2.24) is 4.65 Å².